The molecule has 0 bridgehead atoms. The molecule has 3 aromatic rings. The molecule has 0 radical (unpaired) electrons. The summed E-state index contributed by atoms with van der Waals surface area (Å²) < 4.78 is 46.1. The molecule has 0 spiro atoms. The molecule has 0 unspecified atom stereocenters. The zero-order chi connectivity index (χ0) is 22.3. The van der Waals surface area contributed by atoms with Crippen LogP contribution in [0.4, 0.5) is 18.9 Å². The van der Waals surface area contributed by atoms with Crippen molar-refractivity contribution in [2.75, 3.05) is 19.1 Å². The van der Waals surface area contributed by atoms with E-state index in [1.165, 1.54) is 29.1 Å². The van der Waals surface area contributed by atoms with Crippen molar-refractivity contribution in [3.63, 3.8) is 0 Å². The van der Waals surface area contributed by atoms with Crippen LogP contribution in [0.1, 0.15) is 10.6 Å². The Hall–Kier alpha value is -2.57. The Morgan fingerprint density at radius 3 is 2.74 bits per heavy atom. The SMILES string of the molecule is COC(=O)Cn1c(=Cc2nccs2)sc(=C2Sc3cc(C(F)(F)F)ccc3N2C)c1=O. The first-order chi connectivity index (χ1) is 14.7. The molecule has 162 valence electrons. The fraction of sp³-hybridized carbons (Fsp3) is 0.211. The first-order valence-corrected chi connectivity index (χ1v) is 11.2. The number of hydrogen-bond acceptors (Lipinski definition) is 8. The molecule has 0 amide bonds. The van der Waals surface area contributed by atoms with Crippen LogP contribution in [-0.2, 0) is 22.3 Å². The third-order valence-corrected chi connectivity index (χ3v) is 7.67. The maximum atomic E-state index is 13.2. The minimum atomic E-state index is -4.46. The second-order valence-electron chi connectivity index (χ2n) is 6.40. The third-order valence-electron chi connectivity index (χ3n) is 4.48. The number of fused-ring (bicyclic) bond motifs is 1. The number of thiazole rings is 2. The third kappa shape index (κ3) is 4.14. The monoisotopic (exact) mass is 485 g/mol. The number of carbonyl (C=O) groups excluding carboxylic acids is 1. The highest BCUT2D eigenvalue weighted by atomic mass is 32.2. The van der Waals surface area contributed by atoms with E-state index in [9.17, 15) is 22.8 Å². The standard InChI is InChI=1S/C19H14F3N3O3S3/c1-24-11-4-3-10(19(20,21)22)7-12(11)30-18(24)16-17(27)25(9-15(26)28-2)14(31-16)8-13-23-5-6-29-13/h3-8H,9H2,1-2H3. The molecule has 6 nitrogen and oxygen atoms in total. The summed E-state index contributed by atoms with van der Waals surface area (Å²) in [4.78, 5) is 31.3. The predicted octanol–water partition coefficient (Wildman–Crippen LogP) is 2.69. The second-order valence-corrected chi connectivity index (χ2v) is 9.39. The number of ether oxygens (including phenoxy) is 1. The lowest BCUT2D eigenvalue weighted by atomic mass is 10.2. The van der Waals surface area contributed by atoms with Crippen molar-refractivity contribution in [1.29, 1.82) is 0 Å². The molecule has 0 saturated carbocycles. The van der Waals surface area contributed by atoms with Gasteiger partial charge < -0.3 is 9.64 Å². The number of esters is 1. The van der Waals surface area contributed by atoms with Gasteiger partial charge in [0.2, 0.25) is 0 Å². The number of thioether (sulfide) groups is 1. The van der Waals surface area contributed by atoms with Crippen LogP contribution in [0.3, 0.4) is 0 Å². The summed E-state index contributed by atoms with van der Waals surface area (Å²) in [6, 6.07) is 3.48. The van der Waals surface area contributed by atoms with Gasteiger partial charge in [0.1, 0.15) is 25.8 Å². The van der Waals surface area contributed by atoms with E-state index < -0.39 is 23.3 Å². The molecule has 1 aliphatic rings. The molecule has 0 fully saturated rings. The summed E-state index contributed by atoms with van der Waals surface area (Å²) in [6.45, 7) is -0.282. The van der Waals surface area contributed by atoms with E-state index in [4.69, 9.17) is 4.74 Å². The van der Waals surface area contributed by atoms with Crippen LogP contribution >= 0.6 is 34.4 Å². The number of benzene rings is 1. The van der Waals surface area contributed by atoms with Crippen LogP contribution in [0.15, 0.2) is 39.5 Å². The molecule has 3 heterocycles. The van der Waals surface area contributed by atoms with E-state index >= 15 is 0 Å². The van der Waals surface area contributed by atoms with Crippen LogP contribution in [0.2, 0.25) is 0 Å². The Morgan fingerprint density at radius 2 is 2.10 bits per heavy atom. The Balaban J connectivity index is 1.89. The summed E-state index contributed by atoms with van der Waals surface area (Å²) >= 11 is 3.62. The van der Waals surface area contributed by atoms with Gasteiger partial charge in [0.05, 0.1) is 18.4 Å². The van der Waals surface area contributed by atoms with E-state index in [2.05, 4.69) is 4.98 Å². The van der Waals surface area contributed by atoms with Crippen LogP contribution < -0.4 is 19.7 Å². The van der Waals surface area contributed by atoms with Crippen molar-refractivity contribution in [2.45, 2.75) is 17.6 Å². The number of hydrogen-bond donors (Lipinski definition) is 0. The maximum absolute atomic E-state index is 13.2. The topological polar surface area (TPSA) is 64.4 Å². The highest BCUT2D eigenvalue weighted by Crippen LogP contribution is 2.47. The molecule has 4 rings (SSSR count). The van der Waals surface area contributed by atoms with Crippen molar-refractivity contribution in [2.24, 2.45) is 0 Å². The number of methoxy groups -OCH3 is 1. The van der Waals surface area contributed by atoms with Crippen molar-refractivity contribution in [3.8, 4) is 0 Å². The summed E-state index contributed by atoms with van der Waals surface area (Å²) in [6.07, 6.45) is -1.14. The molecule has 12 heteroatoms. The van der Waals surface area contributed by atoms with Crippen LogP contribution in [0.25, 0.3) is 11.1 Å². The Morgan fingerprint density at radius 1 is 1.32 bits per heavy atom. The van der Waals surface area contributed by atoms with Gasteiger partial charge in [-0.1, -0.05) is 11.8 Å². The Kier molecular flexibility index (Phi) is 5.71. The fourth-order valence-corrected chi connectivity index (χ4v) is 6.02. The van der Waals surface area contributed by atoms with Crippen molar-refractivity contribution in [3.05, 3.63) is 59.9 Å². The van der Waals surface area contributed by atoms with Gasteiger partial charge >= 0.3 is 12.1 Å². The molecule has 0 aliphatic carbocycles. The smallest absolute Gasteiger partial charge is 0.416 e. The van der Waals surface area contributed by atoms with E-state index in [1.54, 1.807) is 29.6 Å². The quantitative estimate of drug-likeness (QED) is 0.532. The largest absolute Gasteiger partial charge is 0.468 e. The van der Waals surface area contributed by atoms with Gasteiger partial charge in [0.25, 0.3) is 5.56 Å². The lowest BCUT2D eigenvalue weighted by molar-refractivity contribution is -0.141. The summed E-state index contributed by atoms with van der Waals surface area (Å²) in [5.41, 5.74) is -0.595. The first-order valence-electron chi connectivity index (χ1n) is 8.74. The molecule has 0 N–H and O–H groups in total. The summed E-state index contributed by atoms with van der Waals surface area (Å²) in [7, 11) is 2.92. The van der Waals surface area contributed by atoms with E-state index in [0.29, 0.717) is 29.8 Å². The van der Waals surface area contributed by atoms with Crippen LogP contribution in [-0.4, -0.2) is 29.7 Å². The second kappa shape index (κ2) is 8.17. The summed E-state index contributed by atoms with van der Waals surface area (Å²) in [5.74, 6) is -0.587. The minimum Gasteiger partial charge on any atom is -0.468 e. The van der Waals surface area contributed by atoms with Gasteiger partial charge in [0, 0.05) is 29.6 Å². The summed E-state index contributed by atoms with van der Waals surface area (Å²) in [5, 5.41) is 2.94. The number of halogens is 3. The molecule has 1 aromatic carbocycles. The van der Waals surface area contributed by atoms with Gasteiger partial charge in [-0.2, -0.15) is 13.2 Å². The Bertz CT molecular complexity index is 1330. The number of carbonyl (C=O) groups is 1. The van der Waals surface area contributed by atoms with Crippen molar-refractivity contribution in [1.82, 2.24) is 9.55 Å². The first kappa shape index (κ1) is 21.7. The normalized spacial score (nSPS) is 16.0. The zero-order valence-electron chi connectivity index (χ0n) is 16.1. The molecule has 1 aliphatic heterocycles. The highest BCUT2D eigenvalue weighted by Gasteiger charge is 2.33. The molecular formula is C19H14F3N3O3S3. The zero-order valence-corrected chi connectivity index (χ0v) is 18.5. The van der Waals surface area contributed by atoms with Crippen molar-refractivity contribution >= 4 is 57.2 Å². The molecule has 31 heavy (non-hydrogen) atoms. The van der Waals surface area contributed by atoms with Gasteiger partial charge in [-0.25, -0.2) is 4.98 Å². The lowest BCUT2D eigenvalue weighted by Gasteiger charge is -2.13. The predicted molar refractivity (Wildman–Crippen MR) is 115 cm³/mol. The number of anilines is 1. The van der Waals surface area contributed by atoms with Crippen LogP contribution in [0.5, 0.6) is 0 Å². The van der Waals surface area contributed by atoms with Gasteiger partial charge in [-0.05, 0) is 18.2 Å². The molecular weight excluding hydrogens is 471 g/mol. The number of alkyl halides is 3. The lowest BCUT2D eigenvalue weighted by Crippen LogP contribution is -2.36. The Labute approximate surface area is 185 Å². The van der Waals surface area contributed by atoms with Gasteiger partial charge in [0.15, 0.2) is 0 Å². The minimum absolute atomic E-state index is 0.282. The number of nitrogens with zero attached hydrogens (tertiary/aromatic N) is 3. The average molecular weight is 486 g/mol. The molecule has 0 atom stereocenters. The number of aromatic nitrogens is 2. The van der Waals surface area contributed by atoms with Crippen molar-refractivity contribution < 1.29 is 22.7 Å². The van der Waals surface area contributed by atoms with E-state index in [-0.39, 0.29) is 6.54 Å². The van der Waals surface area contributed by atoms with E-state index in [0.717, 1.165) is 35.2 Å². The highest BCUT2D eigenvalue weighted by molar-refractivity contribution is 8.08. The maximum Gasteiger partial charge on any atom is 0.416 e. The number of rotatable bonds is 3. The van der Waals surface area contributed by atoms with E-state index in [1.807, 2.05) is 0 Å². The fourth-order valence-electron chi connectivity index (χ4n) is 2.95. The average Bonchev–Trinajstić information content (AvgIpc) is 3.42. The van der Waals surface area contributed by atoms with Gasteiger partial charge in [-0.15, -0.1) is 22.7 Å². The van der Waals surface area contributed by atoms with Gasteiger partial charge in [-0.3, -0.25) is 14.2 Å². The molecule has 0 saturated heterocycles. The molecule has 2 aromatic heterocycles. The van der Waals surface area contributed by atoms with Crippen LogP contribution in [0, 0.1) is 0 Å².